The molecule has 0 unspecified atom stereocenters. The fraction of sp³-hybridized carbons (Fsp3) is 0.0500. The zero-order valence-corrected chi connectivity index (χ0v) is 12.7. The molecule has 0 amide bonds. The van der Waals surface area contributed by atoms with Crippen molar-refractivity contribution in [2.75, 3.05) is 7.11 Å². The summed E-state index contributed by atoms with van der Waals surface area (Å²) in [5.74, 6) is 0.852. The van der Waals surface area contributed by atoms with Gasteiger partial charge in [0.2, 0.25) is 0 Å². The Morgan fingerprint density at radius 2 is 1.70 bits per heavy atom. The van der Waals surface area contributed by atoms with Gasteiger partial charge in [-0.15, -0.1) is 0 Å². The van der Waals surface area contributed by atoms with E-state index in [0.29, 0.717) is 0 Å². The van der Waals surface area contributed by atoms with Gasteiger partial charge in [-0.3, -0.25) is 4.98 Å². The van der Waals surface area contributed by atoms with Crippen molar-refractivity contribution < 1.29 is 4.74 Å². The number of pyridine rings is 2. The first-order chi connectivity index (χ1) is 11.4. The zero-order chi connectivity index (χ0) is 15.4. The summed E-state index contributed by atoms with van der Waals surface area (Å²) in [7, 11) is 1.70. The Morgan fingerprint density at radius 1 is 0.826 bits per heavy atom. The van der Waals surface area contributed by atoms with Crippen LogP contribution in [0.3, 0.4) is 0 Å². The number of rotatable bonds is 1. The largest absolute Gasteiger partial charge is 0.497 e. The average molecular weight is 298 g/mol. The van der Waals surface area contributed by atoms with E-state index in [2.05, 4.69) is 57.9 Å². The Balaban J connectivity index is 2.15. The van der Waals surface area contributed by atoms with Crippen LogP contribution >= 0.6 is 0 Å². The molecule has 3 aromatic heterocycles. The van der Waals surface area contributed by atoms with Crippen LogP contribution < -0.4 is 4.74 Å². The number of benzene rings is 2. The summed E-state index contributed by atoms with van der Waals surface area (Å²) in [5, 5.41) is 3.55. The van der Waals surface area contributed by atoms with Crippen molar-refractivity contribution in [2.45, 2.75) is 0 Å². The topological polar surface area (TPSA) is 26.5 Å². The van der Waals surface area contributed by atoms with Crippen molar-refractivity contribution in [3.63, 3.8) is 0 Å². The number of aromatic nitrogens is 2. The van der Waals surface area contributed by atoms with Crippen LogP contribution in [0.15, 0.2) is 66.9 Å². The van der Waals surface area contributed by atoms with Crippen LogP contribution in [0.2, 0.25) is 0 Å². The number of fused-ring (bicyclic) bond motifs is 8. The second-order valence-electron chi connectivity index (χ2n) is 5.71. The molecule has 3 heterocycles. The van der Waals surface area contributed by atoms with Gasteiger partial charge in [-0.2, -0.15) is 0 Å². The minimum absolute atomic E-state index is 0.852. The van der Waals surface area contributed by atoms with Crippen molar-refractivity contribution in [3.8, 4) is 5.75 Å². The van der Waals surface area contributed by atoms with E-state index in [1.165, 1.54) is 21.8 Å². The summed E-state index contributed by atoms with van der Waals surface area (Å²) in [6.45, 7) is 0. The smallest absolute Gasteiger partial charge is 0.119 e. The van der Waals surface area contributed by atoms with E-state index in [4.69, 9.17) is 4.74 Å². The average Bonchev–Trinajstić information content (AvgIpc) is 3.01. The minimum atomic E-state index is 0.852. The quantitative estimate of drug-likeness (QED) is 0.415. The molecule has 0 radical (unpaired) electrons. The normalized spacial score (nSPS) is 11.7. The summed E-state index contributed by atoms with van der Waals surface area (Å²) in [5.41, 5.74) is 4.52. The predicted octanol–water partition coefficient (Wildman–Crippen LogP) is 4.80. The maximum atomic E-state index is 5.41. The molecule has 5 rings (SSSR count). The molecule has 3 nitrogen and oxygen atoms in total. The molecule has 0 aliphatic heterocycles. The molecule has 0 atom stereocenters. The van der Waals surface area contributed by atoms with E-state index in [0.717, 1.165) is 22.2 Å². The molecule has 0 saturated heterocycles. The standard InChI is InChI=1S/C20H14N2O/c1-23-14-8-9-15-16(12-14)20-18(7-4-10-21-20)22-17-6-3-2-5-13(17)11-19(15)22/h2-12H,1H3. The molecule has 110 valence electrons. The Hall–Kier alpha value is -3.07. The third-order valence-corrected chi connectivity index (χ3v) is 4.50. The zero-order valence-electron chi connectivity index (χ0n) is 12.7. The van der Waals surface area contributed by atoms with Gasteiger partial charge in [-0.25, -0.2) is 0 Å². The highest BCUT2D eigenvalue weighted by Crippen LogP contribution is 2.34. The van der Waals surface area contributed by atoms with Crippen LogP contribution in [0.1, 0.15) is 0 Å². The highest BCUT2D eigenvalue weighted by atomic mass is 16.5. The Bertz CT molecular complexity index is 1200. The molecule has 0 fully saturated rings. The fourth-order valence-electron chi connectivity index (χ4n) is 3.47. The van der Waals surface area contributed by atoms with Crippen LogP contribution in [0.4, 0.5) is 0 Å². The van der Waals surface area contributed by atoms with Gasteiger partial charge in [0.05, 0.1) is 29.2 Å². The van der Waals surface area contributed by atoms with Gasteiger partial charge in [-0.1, -0.05) is 18.2 Å². The molecule has 0 N–H and O–H groups in total. The Kier molecular flexibility index (Phi) is 2.42. The maximum absolute atomic E-state index is 5.41. The van der Waals surface area contributed by atoms with Gasteiger partial charge in [0, 0.05) is 22.4 Å². The maximum Gasteiger partial charge on any atom is 0.119 e. The van der Waals surface area contributed by atoms with Crippen molar-refractivity contribution >= 4 is 38.2 Å². The van der Waals surface area contributed by atoms with E-state index < -0.39 is 0 Å². The molecule has 0 bridgehead atoms. The van der Waals surface area contributed by atoms with Gasteiger partial charge in [0.15, 0.2) is 0 Å². The Labute approximate surface area is 132 Å². The van der Waals surface area contributed by atoms with Crippen LogP contribution in [0, 0.1) is 0 Å². The molecule has 5 aromatic rings. The first-order valence-electron chi connectivity index (χ1n) is 7.61. The number of methoxy groups -OCH3 is 1. The van der Waals surface area contributed by atoms with Crippen LogP contribution in [0.25, 0.3) is 38.2 Å². The van der Waals surface area contributed by atoms with Crippen molar-refractivity contribution in [3.05, 3.63) is 66.9 Å². The van der Waals surface area contributed by atoms with E-state index >= 15 is 0 Å². The molecule has 0 spiro atoms. The SMILES string of the molecule is COc1ccc2c(c1)c1ncccc1n1c3ccccc3cc21. The number of para-hydroxylation sites is 1. The van der Waals surface area contributed by atoms with Crippen LogP contribution in [-0.2, 0) is 0 Å². The lowest BCUT2D eigenvalue weighted by molar-refractivity contribution is 0.415. The first-order valence-corrected chi connectivity index (χ1v) is 7.61. The summed E-state index contributed by atoms with van der Waals surface area (Å²) < 4.78 is 7.71. The molecule has 2 aromatic carbocycles. The summed E-state index contributed by atoms with van der Waals surface area (Å²) in [6.07, 6.45) is 1.85. The lowest BCUT2D eigenvalue weighted by atomic mass is 10.1. The highest BCUT2D eigenvalue weighted by molar-refractivity contribution is 6.14. The summed E-state index contributed by atoms with van der Waals surface area (Å²) in [4.78, 5) is 4.64. The highest BCUT2D eigenvalue weighted by Gasteiger charge is 2.13. The minimum Gasteiger partial charge on any atom is -0.497 e. The van der Waals surface area contributed by atoms with E-state index in [9.17, 15) is 0 Å². The molecule has 0 aliphatic rings. The molecule has 3 heteroatoms. The lowest BCUT2D eigenvalue weighted by Crippen LogP contribution is -1.93. The van der Waals surface area contributed by atoms with Gasteiger partial charge in [0.25, 0.3) is 0 Å². The summed E-state index contributed by atoms with van der Waals surface area (Å²) in [6, 6.07) is 21.0. The molecule has 0 saturated carbocycles. The molecule has 23 heavy (non-hydrogen) atoms. The van der Waals surface area contributed by atoms with E-state index in [1.807, 2.05) is 18.3 Å². The summed E-state index contributed by atoms with van der Waals surface area (Å²) >= 11 is 0. The third-order valence-electron chi connectivity index (χ3n) is 4.50. The molecule has 0 aliphatic carbocycles. The van der Waals surface area contributed by atoms with Gasteiger partial charge < -0.3 is 9.14 Å². The number of ether oxygens (including phenoxy) is 1. The second-order valence-corrected chi connectivity index (χ2v) is 5.71. The fourth-order valence-corrected chi connectivity index (χ4v) is 3.47. The van der Waals surface area contributed by atoms with E-state index in [1.54, 1.807) is 7.11 Å². The first kappa shape index (κ1) is 12.5. The van der Waals surface area contributed by atoms with Gasteiger partial charge >= 0.3 is 0 Å². The second kappa shape index (κ2) is 4.46. The third kappa shape index (κ3) is 1.62. The van der Waals surface area contributed by atoms with Gasteiger partial charge in [-0.05, 0) is 42.5 Å². The van der Waals surface area contributed by atoms with Gasteiger partial charge in [0.1, 0.15) is 5.75 Å². The predicted molar refractivity (Wildman–Crippen MR) is 94.3 cm³/mol. The van der Waals surface area contributed by atoms with Crippen molar-refractivity contribution in [1.82, 2.24) is 9.38 Å². The number of hydrogen-bond donors (Lipinski definition) is 0. The number of hydrogen-bond acceptors (Lipinski definition) is 2. The van der Waals surface area contributed by atoms with E-state index in [-0.39, 0.29) is 0 Å². The van der Waals surface area contributed by atoms with Crippen molar-refractivity contribution in [1.29, 1.82) is 0 Å². The lowest BCUT2D eigenvalue weighted by Gasteiger charge is -2.10. The number of nitrogens with zero attached hydrogens (tertiary/aromatic N) is 2. The molecular formula is C20H14N2O. The van der Waals surface area contributed by atoms with Crippen LogP contribution in [-0.4, -0.2) is 16.5 Å². The Morgan fingerprint density at radius 3 is 2.61 bits per heavy atom. The molecular weight excluding hydrogens is 284 g/mol. The van der Waals surface area contributed by atoms with Crippen molar-refractivity contribution in [2.24, 2.45) is 0 Å². The monoisotopic (exact) mass is 298 g/mol. The van der Waals surface area contributed by atoms with Crippen LogP contribution in [0.5, 0.6) is 5.75 Å².